The van der Waals surface area contributed by atoms with Gasteiger partial charge in [-0.15, -0.1) is 10.2 Å². The van der Waals surface area contributed by atoms with E-state index in [1.165, 1.54) is 30.3 Å². The predicted octanol–water partition coefficient (Wildman–Crippen LogP) is 4.10. The van der Waals surface area contributed by atoms with Gasteiger partial charge in [0.05, 0.1) is 12.2 Å². The summed E-state index contributed by atoms with van der Waals surface area (Å²) in [4.78, 5) is -0.191. The van der Waals surface area contributed by atoms with Crippen molar-refractivity contribution in [2.24, 2.45) is 0 Å². The van der Waals surface area contributed by atoms with Crippen LogP contribution in [0.3, 0.4) is 0 Å². The van der Waals surface area contributed by atoms with Gasteiger partial charge in [0.1, 0.15) is 16.5 Å². The molecule has 0 aliphatic rings. The Morgan fingerprint density at radius 3 is 2.42 bits per heavy atom. The highest BCUT2D eigenvalue weighted by molar-refractivity contribution is 7.93. The van der Waals surface area contributed by atoms with Crippen LogP contribution in [-0.4, -0.2) is 23.0 Å². The Bertz CT molecular complexity index is 1370. The van der Waals surface area contributed by atoms with Crippen LogP contribution < -0.4 is 4.31 Å². The standard InChI is InChI=1S/C21H17F3N4O2S/c1-2-20-25-26-21-19(8-5-11-27(20)21)31(29,30)28(13-14-6-3-4-7-16(14)22)15-9-10-17(23)18(24)12-15/h3-12H,2,13H2,1H3. The summed E-state index contributed by atoms with van der Waals surface area (Å²) in [6.07, 6.45) is 2.15. The molecule has 0 spiro atoms. The lowest BCUT2D eigenvalue weighted by atomic mass is 10.2. The largest absolute Gasteiger partial charge is 0.285 e. The van der Waals surface area contributed by atoms with Crippen molar-refractivity contribution in [2.75, 3.05) is 4.31 Å². The fourth-order valence-corrected chi connectivity index (χ4v) is 4.80. The first-order chi connectivity index (χ1) is 14.8. The van der Waals surface area contributed by atoms with E-state index in [9.17, 15) is 21.6 Å². The molecule has 10 heteroatoms. The molecule has 0 radical (unpaired) electrons. The normalized spacial score (nSPS) is 11.7. The fourth-order valence-electron chi connectivity index (χ4n) is 3.24. The van der Waals surface area contributed by atoms with Gasteiger partial charge in [0.2, 0.25) is 0 Å². The molecule has 2 aromatic heterocycles. The molecule has 6 nitrogen and oxygen atoms in total. The van der Waals surface area contributed by atoms with Gasteiger partial charge in [-0.25, -0.2) is 21.6 Å². The van der Waals surface area contributed by atoms with Crippen molar-refractivity contribution in [1.82, 2.24) is 14.6 Å². The van der Waals surface area contributed by atoms with Crippen LogP contribution in [-0.2, 0) is 23.0 Å². The van der Waals surface area contributed by atoms with E-state index in [2.05, 4.69) is 10.2 Å². The lowest BCUT2D eigenvalue weighted by molar-refractivity contribution is 0.508. The van der Waals surface area contributed by atoms with Gasteiger partial charge in [0, 0.05) is 24.2 Å². The summed E-state index contributed by atoms with van der Waals surface area (Å²) < 4.78 is 71.5. The van der Waals surface area contributed by atoms with Crippen molar-refractivity contribution in [3.63, 3.8) is 0 Å². The molecule has 2 aromatic carbocycles. The molecule has 0 amide bonds. The lowest BCUT2D eigenvalue weighted by Crippen LogP contribution is -2.31. The van der Waals surface area contributed by atoms with Crippen molar-refractivity contribution in [3.05, 3.63) is 89.6 Å². The molecule has 4 aromatic rings. The summed E-state index contributed by atoms with van der Waals surface area (Å²) in [6.45, 7) is 1.42. The second kappa shape index (κ2) is 8.03. The van der Waals surface area contributed by atoms with E-state index in [1.54, 1.807) is 16.7 Å². The van der Waals surface area contributed by atoms with Crippen LogP contribution >= 0.6 is 0 Å². The molecular weight excluding hydrogens is 429 g/mol. The number of anilines is 1. The number of hydrogen-bond donors (Lipinski definition) is 0. The maximum absolute atomic E-state index is 14.3. The molecule has 0 bridgehead atoms. The summed E-state index contributed by atoms with van der Waals surface area (Å²) >= 11 is 0. The zero-order valence-electron chi connectivity index (χ0n) is 16.3. The van der Waals surface area contributed by atoms with E-state index >= 15 is 0 Å². The third-order valence-corrected chi connectivity index (χ3v) is 6.61. The molecule has 160 valence electrons. The van der Waals surface area contributed by atoms with Crippen LogP contribution in [0.5, 0.6) is 0 Å². The molecule has 0 fully saturated rings. The summed E-state index contributed by atoms with van der Waals surface area (Å²) in [6, 6.07) is 11.2. The number of rotatable bonds is 6. The Kier molecular flexibility index (Phi) is 5.40. The molecule has 31 heavy (non-hydrogen) atoms. The predicted molar refractivity (Wildman–Crippen MR) is 108 cm³/mol. The molecule has 0 saturated carbocycles. The van der Waals surface area contributed by atoms with Gasteiger partial charge in [0.15, 0.2) is 17.3 Å². The second-order valence-corrected chi connectivity index (χ2v) is 8.57. The number of fused-ring (bicyclic) bond motifs is 1. The minimum Gasteiger partial charge on any atom is -0.285 e. The highest BCUT2D eigenvalue weighted by atomic mass is 32.2. The van der Waals surface area contributed by atoms with E-state index < -0.39 is 34.0 Å². The van der Waals surface area contributed by atoms with Crippen LogP contribution in [0.4, 0.5) is 18.9 Å². The minimum absolute atomic E-state index is 0.0680. The first-order valence-corrected chi connectivity index (χ1v) is 10.8. The van der Waals surface area contributed by atoms with Crippen LogP contribution in [0.25, 0.3) is 5.65 Å². The van der Waals surface area contributed by atoms with Crippen LogP contribution in [0.2, 0.25) is 0 Å². The number of aromatic nitrogens is 3. The van der Waals surface area contributed by atoms with Crippen molar-refractivity contribution < 1.29 is 21.6 Å². The Balaban J connectivity index is 1.91. The highest BCUT2D eigenvalue weighted by Gasteiger charge is 2.30. The molecule has 0 aliphatic carbocycles. The molecule has 0 saturated heterocycles. The van der Waals surface area contributed by atoms with Crippen LogP contribution in [0.15, 0.2) is 65.7 Å². The maximum Gasteiger partial charge on any atom is 0.268 e. The number of pyridine rings is 1. The lowest BCUT2D eigenvalue weighted by Gasteiger charge is -2.25. The molecule has 0 aliphatic heterocycles. The molecule has 2 heterocycles. The first-order valence-electron chi connectivity index (χ1n) is 9.36. The maximum atomic E-state index is 14.3. The first kappa shape index (κ1) is 20.9. The molecule has 0 atom stereocenters. The van der Waals surface area contributed by atoms with Gasteiger partial charge in [-0.3, -0.25) is 8.71 Å². The molecule has 0 N–H and O–H groups in total. The number of hydrogen-bond acceptors (Lipinski definition) is 4. The smallest absolute Gasteiger partial charge is 0.268 e. The van der Waals surface area contributed by atoms with E-state index in [4.69, 9.17) is 0 Å². The fraction of sp³-hybridized carbons (Fsp3) is 0.143. The van der Waals surface area contributed by atoms with Gasteiger partial charge < -0.3 is 0 Å². The van der Waals surface area contributed by atoms with Gasteiger partial charge in [-0.1, -0.05) is 25.1 Å². The summed E-state index contributed by atoms with van der Waals surface area (Å²) in [7, 11) is -4.37. The Morgan fingerprint density at radius 2 is 1.71 bits per heavy atom. The van der Waals surface area contributed by atoms with Gasteiger partial charge >= 0.3 is 0 Å². The zero-order chi connectivity index (χ0) is 22.2. The van der Waals surface area contributed by atoms with Gasteiger partial charge in [-0.2, -0.15) is 0 Å². The van der Waals surface area contributed by atoms with E-state index in [-0.39, 0.29) is 21.8 Å². The summed E-state index contributed by atoms with van der Waals surface area (Å²) in [5, 5.41) is 7.99. The quantitative estimate of drug-likeness (QED) is 0.447. The van der Waals surface area contributed by atoms with Crippen molar-refractivity contribution in [3.8, 4) is 0 Å². The average molecular weight is 446 g/mol. The number of benzene rings is 2. The molecule has 0 unspecified atom stereocenters. The second-order valence-electron chi connectivity index (χ2n) is 6.74. The van der Waals surface area contributed by atoms with Crippen LogP contribution in [0.1, 0.15) is 18.3 Å². The zero-order valence-corrected chi connectivity index (χ0v) is 17.2. The summed E-state index contributed by atoms with van der Waals surface area (Å²) in [5.41, 5.74) is -0.00155. The molecule has 4 rings (SSSR count). The Morgan fingerprint density at radius 1 is 0.935 bits per heavy atom. The number of nitrogens with zero attached hydrogens (tertiary/aromatic N) is 4. The summed E-state index contributed by atoms with van der Waals surface area (Å²) in [5.74, 6) is -2.42. The Labute approximate surface area is 176 Å². The van der Waals surface area contributed by atoms with Crippen molar-refractivity contribution in [2.45, 2.75) is 24.8 Å². The number of halogens is 3. The highest BCUT2D eigenvalue weighted by Crippen LogP contribution is 2.29. The van der Waals surface area contributed by atoms with E-state index in [0.717, 1.165) is 22.5 Å². The van der Waals surface area contributed by atoms with E-state index in [1.807, 2.05) is 6.92 Å². The van der Waals surface area contributed by atoms with Gasteiger partial charge in [-0.05, 0) is 30.3 Å². The molecular formula is C21H17F3N4O2S. The number of sulfonamides is 1. The SMILES string of the molecule is CCc1nnc2c(S(=O)(=O)N(Cc3ccccc3F)c3ccc(F)c(F)c3)cccn12. The van der Waals surface area contributed by atoms with Crippen molar-refractivity contribution in [1.29, 1.82) is 0 Å². The van der Waals surface area contributed by atoms with Crippen LogP contribution in [0, 0.1) is 17.5 Å². The van der Waals surface area contributed by atoms with Gasteiger partial charge in [0.25, 0.3) is 10.0 Å². The monoisotopic (exact) mass is 446 g/mol. The minimum atomic E-state index is -4.37. The Hall–Kier alpha value is -3.40. The van der Waals surface area contributed by atoms with E-state index in [0.29, 0.717) is 12.2 Å². The topological polar surface area (TPSA) is 67.6 Å². The average Bonchev–Trinajstić information content (AvgIpc) is 3.18. The third-order valence-electron chi connectivity index (χ3n) is 4.82. The third kappa shape index (κ3) is 3.74. The number of aryl methyl sites for hydroxylation is 1. The van der Waals surface area contributed by atoms with Crippen molar-refractivity contribution >= 4 is 21.4 Å².